The van der Waals surface area contributed by atoms with Crippen molar-refractivity contribution < 1.29 is 9.21 Å². The van der Waals surface area contributed by atoms with Gasteiger partial charge in [-0.25, -0.2) is 0 Å². The topological polar surface area (TPSA) is 33.5 Å². The lowest BCUT2D eigenvalue weighted by Crippen LogP contribution is -2.24. The average molecular weight is 344 g/mol. The van der Waals surface area contributed by atoms with Crippen molar-refractivity contribution in [2.75, 3.05) is 16.8 Å². The van der Waals surface area contributed by atoms with Crippen molar-refractivity contribution in [3.63, 3.8) is 0 Å². The Bertz CT molecular complexity index is 839. The predicted molar refractivity (Wildman–Crippen MR) is 88.0 cm³/mol. The van der Waals surface area contributed by atoms with E-state index < -0.39 is 0 Å². The van der Waals surface area contributed by atoms with Crippen LogP contribution in [0.5, 0.6) is 0 Å². The molecule has 2 aromatic carbocycles. The van der Waals surface area contributed by atoms with Crippen LogP contribution in [0, 0.1) is 5.92 Å². The Hall–Kier alpha value is -1.81. The number of carbonyl (C=O) groups excluding carboxylic acids is 1. The molecule has 0 spiro atoms. The number of alkyl halides is 1. The third kappa shape index (κ3) is 2.05. The molecule has 0 aliphatic carbocycles. The molecular weight excluding hydrogens is 330 g/mol. The number of rotatable bonds is 2. The number of anilines is 1. The summed E-state index contributed by atoms with van der Waals surface area (Å²) in [5.41, 5.74) is 2.65. The van der Waals surface area contributed by atoms with Crippen molar-refractivity contribution in [1.29, 1.82) is 0 Å². The average Bonchev–Trinajstić information content (AvgIpc) is 3.06. The van der Waals surface area contributed by atoms with E-state index in [4.69, 9.17) is 4.42 Å². The molecule has 1 aromatic heterocycles. The van der Waals surface area contributed by atoms with Gasteiger partial charge in [-0.15, -0.1) is 0 Å². The number of amides is 1. The molecule has 3 nitrogen and oxygen atoms in total. The Kier molecular flexibility index (Phi) is 3.00. The van der Waals surface area contributed by atoms with Crippen molar-refractivity contribution in [3.05, 3.63) is 42.5 Å². The Morgan fingerprint density at radius 3 is 2.76 bits per heavy atom. The summed E-state index contributed by atoms with van der Waals surface area (Å²) < 4.78 is 5.89. The van der Waals surface area contributed by atoms with E-state index in [0.717, 1.165) is 39.5 Å². The molecule has 4 rings (SSSR count). The van der Waals surface area contributed by atoms with Crippen molar-refractivity contribution in [3.8, 4) is 0 Å². The van der Waals surface area contributed by atoms with E-state index in [-0.39, 0.29) is 5.91 Å². The Labute approximate surface area is 130 Å². The SMILES string of the molecule is O=C1CC(CBr)CN1c1ccc2c(c1)oc1ccccc12. The number of hydrogen-bond donors (Lipinski definition) is 0. The van der Waals surface area contributed by atoms with Gasteiger partial charge in [0.15, 0.2) is 0 Å². The van der Waals surface area contributed by atoms with Crippen LogP contribution in [0.4, 0.5) is 5.69 Å². The second kappa shape index (κ2) is 4.88. The zero-order valence-corrected chi connectivity index (χ0v) is 13.0. The van der Waals surface area contributed by atoms with Crippen LogP contribution in [0.25, 0.3) is 21.9 Å². The lowest BCUT2D eigenvalue weighted by Gasteiger charge is -2.16. The molecule has 2 heterocycles. The summed E-state index contributed by atoms with van der Waals surface area (Å²) in [6.45, 7) is 0.774. The molecular formula is C17H14BrNO2. The van der Waals surface area contributed by atoms with Crippen molar-refractivity contribution in [1.82, 2.24) is 0 Å². The first-order valence-corrected chi connectivity index (χ1v) is 8.16. The van der Waals surface area contributed by atoms with Gasteiger partial charge in [0.1, 0.15) is 11.2 Å². The van der Waals surface area contributed by atoms with Crippen LogP contribution in [0.2, 0.25) is 0 Å². The lowest BCUT2D eigenvalue weighted by molar-refractivity contribution is -0.117. The molecule has 0 radical (unpaired) electrons. The summed E-state index contributed by atoms with van der Waals surface area (Å²) in [6, 6.07) is 14.0. The normalized spacial score (nSPS) is 19.0. The van der Waals surface area contributed by atoms with Crippen LogP contribution in [-0.2, 0) is 4.79 Å². The van der Waals surface area contributed by atoms with E-state index in [1.807, 2.05) is 41.3 Å². The second-order valence-electron chi connectivity index (χ2n) is 5.51. The fraction of sp³-hybridized carbons (Fsp3) is 0.235. The van der Waals surface area contributed by atoms with Gasteiger partial charge < -0.3 is 9.32 Å². The standard InChI is InChI=1S/C17H14BrNO2/c18-9-11-7-17(20)19(10-11)12-5-6-14-13-3-1-2-4-15(13)21-16(14)8-12/h1-6,8,11H,7,9-10H2. The number of benzene rings is 2. The maximum atomic E-state index is 12.1. The van der Waals surface area contributed by atoms with Gasteiger partial charge in [0, 0.05) is 40.8 Å². The van der Waals surface area contributed by atoms with Crippen molar-refractivity contribution >= 4 is 49.5 Å². The van der Waals surface area contributed by atoms with Gasteiger partial charge in [-0.1, -0.05) is 34.1 Å². The third-order valence-corrected chi connectivity index (χ3v) is 5.01. The zero-order valence-electron chi connectivity index (χ0n) is 11.4. The molecule has 0 N–H and O–H groups in total. The van der Waals surface area contributed by atoms with Crippen LogP contribution in [0.3, 0.4) is 0 Å². The summed E-state index contributed by atoms with van der Waals surface area (Å²) in [4.78, 5) is 14.0. The van der Waals surface area contributed by atoms with Gasteiger partial charge in [0.25, 0.3) is 0 Å². The molecule has 106 valence electrons. The van der Waals surface area contributed by atoms with Gasteiger partial charge in [-0.05, 0) is 24.1 Å². The number of halogens is 1. The van der Waals surface area contributed by atoms with Gasteiger partial charge in [-0.3, -0.25) is 4.79 Å². The largest absolute Gasteiger partial charge is 0.456 e. The number of nitrogens with zero attached hydrogens (tertiary/aromatic N) is 1. The van der Waals surface area contributed by atoms with Crippen LogP contribution in [0.15, 0.2) is 46.9 Å². The minimum Gasteiger partial charge on any atom is -0.456 e. The number of hydrogen-bond acceptors (Lipinski definition) is 2. The van der Waals surface area contributed by atoms with Crippen molar-refractivity contribution in [2.24, 2.45) is 5.92 Å². The lowest BCUT2D eigenvalue weighted by atomic mass is 10.1. The van der Waals surface area contributed by atoms with E-state index >= 15 is 0 Å². The molecule has 1 unspecified atom stereocenters. The zero-order chi connectivity index (χ0) is 14.4. The summed E-state index contributed by atoms with van der Waals surface area (Å²) in [7, 11) is 0. The van der Waals surface area contributed by atoms with Crippen molar-refractivity contribution in [2.45, 2.75) is 6.42 Å². The fourth-order valence-electron chi connectivity index (χ4n) is 3.02. The maximum Gasteiger partial charge on any atom is 0.227 e. The van der Waals surface area contributed by atoms with Gasteiger partial charge in [-0.2, -0.15) is 0 Å². The van der Waals surface area contributed by atoms with E-state index in [2.05, 4.69) is 22.0 Å². The van der Waals surface area contributed by atoms with E-state index in [0.29, 0.717) is 12.3 Å². The first kappa shape index (κ1) is 12.9. The number of carbonyl (C=O) groups is 1. The summed E-state index contributed by atoms with van der Waals surface area (Å²) in [5.74, 6) is 0.582. The fourth-order valence-corrected chi connectivity index (χ4v) is 3.45. The Balaban J connectivity index is 1.80. The molecule has 1 atom stereocenters. The molecule has 1 amide bonds. The van der Waals surface area contributed by atoms with Gasteiger partial charge in [0.2, 0.25) is 5.91 Å². The van der Waals surface area contributed by atoms with Crippen LogP contribution in [0.1, 0.15) is 6.42 Å². The number of furan rings is 1. The maximum absolute atomic E-state index is 12.1. The molecule has 1 aliphatic rings. The molecule has 4 heteroatoms. The molecule has 1 aliphatic heterocycles. The first-order valence-electron chi connectivity index (χ1n) is 7.04. The van der Waals surface area contributed by atoms with Gasteiger partial charge >= 0.3 is 0 Å². The first-order chi connectivity index (χ1) is 10.3. The highest BCUT2D eigenvalue weighted by atomic mass is 79.9. The van der Waals surface area contributed by atoms with Crippen LogP contribution in [-0.4, -0.2) is 17.8 Å². The second-order valence-corrected chi connectivity index (χ2v) is 6.15. The number of para-hydroxylation sites is 1. The van der Waals surface area contributed by atoms with Crippen LogP contribution >= 0.6 is 15.9 Å². The van der Waals surface area contributed by atoms with Crippen LogP contribution < -0.4 is 4.90 Å². The quantitative estimate of drug-likeness (QED) is 0.648. The third-order valence-electron chi connectivity index (χ3n) is 4.10. The van der Waals surface area contributed by atoms with Gasteiger partial charge in [0.05, 0.1) is 0 Å². The highest BCUT2D eigenvalue weighted by Gasteiger charge is 2.30. The minimum atomic E-state index is 0.190. The smallest absolute Gasteiger partial charge is 0.227 e. The molecule has 21 heavy (non-hydrogen) atoms. The van der Waals surface area contributed by atoms with E-state index in [1.165, 1.54) is 0 Å². The summed E-state index contributed by atoms with van der Waals surface area (Å²) in [6.07, 6.45) is 0.615. The highest BCUT2D eigenvalue weighted by Crippen LogP contribution is 2.33. The predicted octanol–water partition coefficient (Wildman–Crippen LogP) is 4.33. The Morgan fingerprint density at radius 1 is 1.14 bits per heavy atom. The Morgan fingerprint density at radius 2 is 1.95 bits per heavy atom. The molecule has 3 aromatic rings. The van der Waals surface area contributed by atoms with E-state index in [9.17, 15) is 4.79 Å². The molecule has 1 fully saturated rings. The molecule has 0 bridgehead atoms. The molecule has 0 saturated carbocycles. The highest BCUT2D eigenvalue weighted by molar-refractivity contribution is 9.09. The summed E-state index contributed by atoms with van der Waals surface area (Å²) >= 11 is 3.47. The summed E-state index contributed by atoms with van der Waals surface area (Å²) in [5, 5.41) is 3.07. The number of fused-ring (bicyclic) bond motifs is 3. The monoisotopic (exact) mass is 343 g/mol. The molecule has 1 saturated heterocycles. The van der Waals surface area contributed by atoms with E-state index in [1.54, 1.807) is 0 Å². The minimum absolute atomic E-state index is 0.190.